The highest BCUT2D eigenvalue weighted by Crippen LogP contribution is 2.14. The van der Waals surface area contributed by atoms with E-state index in [1.807, 2.05) is 11.0 Å². The van der Waals surface area contributed by atoms with Crippen molar-refractivity contribution in [1.82, 2.24) is 9.80 Å². The lowest BCUT2D eigenvalue weighted by atomic mass is 10.1. The number of hydrogen-bond donors (Lipinski definition) is 0. The van der Waals surface area contributed by atoms with E-state index in [-0.39, 0.29) is 11.8 Å². The van der Waals surface area contributed by atoms with E-state index in [0.717, 1.165) is 26.2 Å². The fourth-order valence-electron chi connectivity index (χ4n) is 2.36. The summed E-state index contributed by atoms with van der Waals surface area (Å²) in [5.41, 5.74) is 1.32. The second-order valence-electron chi connectivity index (χ2n) is 4.78. The van der Waals surface area contributed by atoms with Crippen LogP contribution in [0.25, 0.3) is 0 Å². The molecular formula is C14H19ClN2O. The Bertz CT molecular complexity index is 396. The number of nitrogens with zero attached hydrogens (tertiary/aromatic N) is 2. The minimum Gasteiger partial charge on any atom is -0.339 e. The summed E-state index contributed by atoms with van der Waals surface area (Å²) in [6.07, 6.45) is 0. The standard InChI is InChI=1S/C14H19ClN2O/c1-12-10-17(14(18)9-15)8-7-16(12)11-13-5-3-2-4-6-13/h2-6,12H,7-11H2,1H3. The van der Waals surface area contributed by atoms with Crippen LogP contribution in [0.1, 0.15) is 12.5 Å². The second-order valence-corrected chi connectivity index (χ2v) is 5.05. The van der Waals surface area contributed by atoms with E-state index in [0.29, 0.717) is 6.04 Å². The van der Waals surface area contributed by atoms with Gasteiger partial charge in [0, 0.05) is 32.2 Å². The van der Waals surface area contributed by atoms with Crippen molar-refractivity contribution in [3.05, 3.63) is 35.9 Å². The van der Waals surface area contributed by atoms with Gasteiger partial charge in [0.15, 0.2) is 0 Å². The lowest BCUT2D eigenvalue weighted by Crippen LogP contribution is -2.53. The molecule has 1 heterocycles. The topological polar surface area (TPSA) is 23.6 Å². The van der Waals surface area contributed by atoms with E-state index >= 15 is 0 Å². The molecule has 4 heteroatoms. The van der Waals surface area contributed by atoms with Crippen LogP contribution in [-0.4, -0.2) is 47.3 Å². The van der Waals surface area contributed by atoms with Gasteiger partial charge in [-0.1, -0.05) is 30.3 Å². The number of hydrogen-bond acceptors (Lipinski definition) is 2. The molecule has 1 aromatic carbocycles. The monoisotopic (exact) mass is 266 g/mol. The molecule has 1 fully saturated rings. The zero-order valence-electron chi connectivity index (χ0n) is 10.7. The van der Waals surface area contributed by atoms with E-state index in [1.54, 1.807) is 0 Å². The van der Waals surface area contributed by atoms with Crippen LogP contribution in [0.15, 0.2) is 30.3 Å². The Hall–Kier alpha value is -1.06. The second kappa shape index (κ2) is 6.21. The number of alkyl halides is 1. The molecule has 0 saturated carbocycles. The van der Waals surface area contributed by atoms with Gasteiger partial charge >= 0.3 is 0 Å². The third-order valence-corrected chi connectivity index (χ3v) is 3.69. The van der Waals surface area contributed by atoms with E-state index in [9.17, 15) is 4.79 Å². The van der Waals surface area contributed by atoms with Crippen molar-refractivity contribution >= 4 is 17.5 Å². The number of carbonyl (C=O) groups excluding carboxylic acids is 1. The van der Waals surface area contributed by atoms with Crippen LogP contribution in [0.3, 0.4) is 0 Å². The van der Waals surface area contributed by atoms with Crippen LogP contribution in [0.4, 0.5) is 0 Å². The van der Waals surface area contributed by atoms with Crippen molar-refractivity contribution in [2.24, 2.45) is 0 Å². The molecule has 0 spiro atoms. The fourth-order valence-corrected chi connectivity index (χ4v) is 2.53. The van der Waals surface area contributed by atoms with Crippen LogP contribution in [-0.2, 0) is 11.3 Å². The predicted octanol–water partition coefficient (Wildman–Crippen LogP) is 1.96. The number of amides is 1. The number of benzene rings is 1. The molecule has 1 aliphatic heterocycles. The highest BCUT2D eigenvalue weighted by Gasteiger charge is 2.25. The number of piperazine rings is 1. The van der Waals surface area contributed by atoms with Gasteiger partial charge in [-0.3, -0.25) is 9.69 Å². The molecular weight excluding hydrogens is 248 g/mol. The van der Waals surface area contributed by atoms with Gasteiger partial charge in [-0.2, -0.15) is 0 Å². The summed E-state index contributed by atoms with van der Waals surface area (Å²) in [5, 5.41) is 0. The Morgan fingerprint density at radius 3 is 2.67 bits per heavy atom. The van der Waals surface area contributed by atoms with Gasteiger partial charge in [0.25, 0.3) is 0 Å². The molecule has 0 aliphatic carbocycles. The van der Waals surface area contributed by atoms with Gasteiger partial charge < -0.3 is 4.90 Å². The molecule has 0 aromatic heterocycles. The maximum Gasteiger partial charge on any atom is 0.237 e. The first-order valence-corrected chi connectivity index (χ1v) is 6.86. The van der Waals surface area contributed by atoms with Gasteiger partial charge in [-0.15, -0.1) is 11.6 Å². The Balaban J connectivity index is 1.92. The summed E-state index contributed by atoms with van der Waals surface area (Å²) in [6.45, 7) is 5.58. The fraction of sp³-hybridized carbons (Fsp3) is 0.500. The smallest absolute Gasteiger partial charge is 0.237 e. The highest BCUT2D eigenvalue weighted by molar-refractivity contribution is 6.27. The summed E-state index contributed by atoms with van der Waals surface area (Å²) in [6, 6.07) is 10.8. The van der Waals surface area contributed by atoms with Crippen molar-refractivity contribution in [2.45, 2.75) is 19.5 Å². The molecule has 1 amide bonds. The van der Waals surface area contributed by atoms with Gasteiger partial charge in [0.2, 0.25) is 5.91 Å². The molecule has 98 valence electrons. The average molecular weight is 267 g/mol. The Kier molecular flexibility index (Phi) is 4.61. The maximum atomic E-state index is 11.6. The third-order valence-electron chi connectivity index (χ3n) is 3.46. The lowest BCUT2D eigenvalue weighted by molar-refractivity contribution is -0.131. The van der Waals surface area contributed by atoms with Crippen LogP contribution in [0.5, 0.6) is 0 Å². The van der Waals surface area contributed by atoms with Crippen molar-refractivity contribution in [1.29, 1.82) is 0 Å². The minimum atomic E-state index is 0.0443. The molecule has 1 aromatic rings. The average Bonchev–Trinajstić information content (AvgIpc) is 2.41. The summed E-state index contributed by atoms with van der Waals surface area (Å²) < 4.78 is 0. The zero-order chi connectivity index (χ0) is 13.0. The Morgan fingerprint density at radius 2 is 2.06 bits per heavy atom. The normalized spacial score (nSPS) is 21.0. The van der Waals surface area contributed by atoms with Crippen molar-refractivity contribution in [3.8, 4) is 0 Å². The van der Waals surface area contributed by atoms with Crippen LogP contribution < -0.4 is 0 Å². The highest BCUT2D eigenvalue weighted by atomic mass is 35.5. The summed E-state index contributed by atoms with van der Waals surface area (Å²) in [5.74, 6) is 0.133. The van der Waals surface area contributed by atoms with Crippen molar-refractivity contribution in [3.63, 3.8) is 0 Å². The van der Waals surface area contributed by atoms with Crippen molar-refractivity contribution in [2.75, 3.05) is 25.5 Å². The molecule has 3 nitrogen and oxygen atoms in total. The number of rotatable bonds is 3. The molecule has 1 saturated heterocycles. The Labute approximate surface area is 113 Å². The van der Waals surface area contributed by atoms with Gasteiger partial charge in [-0.25, -0.2) is 0 Å². The molecule has 1 unspecified atom stereocenters. The molecule has 0 N–H and O–H groups in total. The van der Waals surface area contributed by atoms with E-state index < -0.39 is 0 Å². The van der Waals surface area contributed by atoms with Crippen LogP contribution >= 0.6 is 11.6 Å². The largest absolute Gasteiger partial charge is 0.339 e. The van der Waals surface area contributed by atoms with E-state index in [4.69, 9.17) is 11.6 Å². The van der Waals surface area contributed by atoms with Gasteiger partial charge in [0.1, 0.15) is 5.88 Å². The third kappa shape index (κ3) is 3.24. The minimum absolute atomic E-state index is 0.0443. The molecule has 18 heavy (non-hydrogen) atoms. The Morgan fingerprint density at radius 1 is 1.33 bits per heavy atom. The molecule has 0 bridgehead atoms. The molecule has 1 atom stereocenters. The molecule has 1 aliphatic rings. The van der Waals surface area contributed by atoms with E-state index in [2.05, 4.69) is 36.1 Å². The SMILES string of the molecule is CC1CN(C(=O)CCl)CCN1Cc1ccccc1. The van der Waals surface area contributed by atoms with Gasteiger partial charge in [-0.05, 0) is 12.5 Å². The summed E-state index contributed by atoms with van der Waals surface area (Å²) in [4.78, 5) is 15.8. The number of halogens is 1. The first-order chi connectivity index (χ1) is 8.70. The van der Waals surface area contributed by atoms with Gasteiger partial charge in [0.05, 0.1) is 0 Å². The molecule has 2 rings (SSSR count). The summed E-state index contributed by atoms with van der Waals surface area (Å²) in [7, 11) is 0. The first-order valence-electron chi connectivity index (χ1n) is 6.32. The van der Waals surface area contributed by atoms with Crippen LogP contribution in [0, 0.1) is 0 Å². The lowest BCUT2D eigenvalue weighted by Gasteiger charge is -2.39. The maximum absolute atomic E-state index is 11.6. The van der Waals surface area contributed by atoms with E-state index in [1.165, 1.54) is 5.56 Å². The number of carbonyl (C=O) groups is 1. The van der Waals surface area contributed by atoms with Crippen LogP contribution in [0.2, 0.25) is 0 Å². The summed E-state index contributed by atoms with van der Waals surface area (Å²) >= 11 is 5.59. The first kappa shape index (κ1) is 13.4. The quantitative estimate of drug-likeness (QED) is 0.781. The zero-order valence-corrected chi connectivity index (χ0v) is 11.4. The predicted molar refractivity (Wildman–Crippen MR) is 73.6 cm³/mol. The molecule has 0 radical (unpaired) electrons. The van der Waals surface area contributed by atoms with Crippen molar-refractivity contribution < 1.29 is 4.79 Å².